The Morgan fingerprint density at radius 3 is 2.07 bits per heavy atom. The van der Waals surface area contributed by atoms with E-state index in [-0.39, 0.29) is 12.1 Å². The van der Waals surface area contributed by atoms with Crippen molar-refractivity contribution < 1.29 is 17.9 Å². The molecule has 1 aromatic carbocycles. The first kappa shape index (κ1) is 12.0. The molecule has 2 N–H and O–H groups in total. The SMILES string of the molecule is COC(C)(CN)c1cc(F)c(F)c(F)c1. The Bertz CT molecular complexity index is 341. The quantitative estimate of drug-likeness (QED) is 0.788. The topological polar surface area (TPSA) is 35.2 Å². The summed E-state index contributed by atoms with van der Waals surface area (Å²) >= 11 is 0. The van der Waals surface area contributed by atoms with Gasteiger partial charge >= 0.3 is 0 Å². The maximum Gasteiger partial charge on any atom is 0.194 e. The predicted octanol–water partition coefficient (Wildman–Crippen LogP) is 1.92. The Morgan fingerprint density at radius 2 is 1.73 bits per heavy atom. The van der Waals surface area contributed by atoms with Gasteiger partial charge in [0.1, 0.15) is 5.60 Å². The minimum atomic E-state index is -1.49. The molecule has 84 valence electrons. The molecule has 2 nitrogen and oxygen atoms in total. The van der Waals surface area contributed by atoms with E-state index in [0.29, 0.717) is 0 Å². The zero-order chi connectivity index (χ0) is 11.6. The minimum absolute atomic E-state index is 0.0357. The highest BCUT2D eigenvalue weighted by Crippen LogP contribution is 2.26. The third-order valence-corrected chi connectivity index (χ3v) is 2.43. The minimum Gasteiger partial charge on any atom is -0.372 e. The first-order valence-electron chi connectivity index (χ1n) is 4.35. The lowest BCUT2D eigenvalue weighted by Crippen LogP contribution is -2.34. The zero-order valence-corrected chi connectivity index (χ0v) is 8.48. The molecule has 0 aliphatic carbocycles. The summed E-state index contributed by atoms with van der Waals surface area (Å²) in [4.78, 5) is 0. The summed E-state index contributed by atoms with van der Waals surface area (Å²) in [5, 5.41) is 0. The van der Waals surface area contributed by atoms with Gasteiger partial charge in [-0.15, -0.1) is 0 Å². The highest BCUT2D eigenvalue weighted by molar-refractivity contribution is 5.25. The zero-order valence-electron chi connectivity index (χ0n) is 8.48. The lowest BCUT2D eigenvalue weighted by atomic mass is 9.95. The van der Waals surface area contributed by atoms with E-state index >= 15 is 0 Å². The first-order valence-corrected chi connectivity index (χ1v) is 4.35. The number of benzene rings is 1. The van der Waals surface area contributed by atoms with Gasteiger partial charge in [0, 0.05) is 13.7 Å². The van der Waals surface area contributed by atoms with E-state index in [1.165, 1.54) is 7.11 Å². The van der Waals surface area contributed by atoms with E-state index in [9.17, 15) is 13.2 Å². The molecule has 1 aromatic rings. The molecule has 1 atom stereocenters. The van der Waals surface area contributed by atoms with Crippen molar-refractivity contribution >= 4 is 0 Å². The third-order valence-electron chi connectivity index (χ3n) is 2.43. The van der Waals surface area contributed by atoms with Crippen LogP contribution in [0.2, 0.25) is 0 Å². The highest BCUT2D eigenvalue weighted by Gasteiger charge is 2.27. The van der Waals surface area contributed by atoms with Gasteiger partial charge in [0.25, 0.3) is 0 Å². The molecule has 0 saturated carbocycles. The van der Waals surface area contributed by atoms with Crippen LogP contribution in [0.15, 0.2) is 12.1 Å². The highest BCUT2D eigenvalue weighted by atomic mass is 19.2. The van der Waals surface area contributed by atoms with E-state index in [4.69, 9.17) is 10.5 Å². The van der Waals surface area contributed by atoms with Crippen molar-refractivity contribution in [3.63, 3.8) is 0 Å². The maximum atomic E-state index is 12.9. The van der Waals surface area contributed by atoms with Crippen LogP contribution >= 0.6 is 0 Å². The monoisotopic (exact) mass is 219 g/mol. The molecule has 0 radical (unpaired) electrons. The Hall–Kier alpha value is -1.07. The molecule has 0 bridgehead atoms. The van der Waals surface area contributed by atoms with Gasteiger partial charge in [-0.1, -0.05) is 0 Å². The standard InChI is InChI=1S/C10H12F3NO/c1-10(5-14,15-2)6-3-7(11)9(13)8(12)4-6/h3-4H,5,14H2,1-2H3. The van der Waals surface area contributed by atoms with Crippen LogP contribution in [-0.4, -0.2) is 13.7 Å². The summed E-state index contributed by atoms with van der Waals surface area (Å²) < 4.78 is 43.6. The molecule has 0 aliphatic rings. The molecule has 0 aromatic heterocycles. The summed E-state index contributed by atoms with van der Waals surface area (Å²) in [6, 6.07) is 1.77. The van der Waals surface area contributed by atoms with E-state index in [0.717, 1.165) is 12.1 Å². The van der Waals surface area contributed by atoms with Crippen molar-refractivity contribution in [2.24, 2.45) is 5.73 Å². The van der Waals surface area contributed by atoms with Gasteiger partial charge in [-0.3, -0.25) is 0 Å². The fourth-order valence-corrected chi connectivity index (χ4v) is 1.18. The number of methoxy groups -OCH3 is 1. The van der Waals surface area contributed by atoms with Gasteiger partial charge in [0.15, 0.2) is 17.5 Å². The molecule has 15 heavy (non-hydrogen) atoms. The van der Waals surface area contributed by atoms with Crippen LogP contribution in [0, 0.1) is 17.5 Å². The second kappa shape index (κ2) is 4.20. The summed E-state index contributed by atoms with van der Waals surface area (Å²) in [6.45, 7) is 1.60. The van der Waals surface area contributed by atoms with Gasteiger partial charge < -0.3 is 10.5 Å². The van der Waals surface area contributed by atoms with Crippen LogP contribution in [0.1, 0.15) is 12.5 Å². The summed E-state index contributed by atoms with van der Waals surface area (Å²) in [6.07, 6.45) is 0. The molecule has 1 rings (SSSR count). The molecule has 0 fully saturated rings. The number of rotatable bonds is 3. The van der Waals surface area contributed by atoms with Crippen LogP contribution in [-0.2, 0) is 10.3 Å². The molecule has 1 unspecified atom stereocenters. The van der Waals surface area contributed by atoms with Gasteiger partial charge in [-0.05, 0) is 24.6 Å². The normalized spacial score (nSPS) is 15.1. The fraction of sp³-hybridized carbons (Fsp3) is 0.400. The number of ether oxygens (including phenoxy) is 1. The van der Waals surface area contributed by atoms with Crippen LogP contribution in [0.3, 0.4) is 0 Å². The molecular weight excluding hydrogens is 207 g/mol. The molecule has 0 aliphatic heterocycles. The summed E-state index contributed by atoms with van der Waals surface area (Å²) in [5.41, 5.74) is 4.58. The van der Waals surface area contributed by atoms with Crippen LogP contribution in [0.25, 0.3) is 0 Å². The maximum absolute atomic E-state index is 12.9. The van der Waals surface area contributed by atoms with Crippen molar-refractivity contribution in [3.8, 4) is 0 Å². The Morgan fingerprint density at radius 1 is 1.27 bits per heavy atom. The van der Waals surface area contributed by atoms with Gasteiger partial charge in [-0.2, -0.15) is 0 Å². The predicted molar refractivity (Wildman–Crippen MR) is 49.7 cm³/mol. The second-order valence-corrected chi connectivity index (χ2v) is 3.39. The molecule has 0 amide bonds. The molecular formula is C10H12F3NO. The van der Waals surface area contributed by atoms with Crippen molar-refractivity contribution in [3.05, 3.63) is 35.1 Å². The lowest BCUT2D eigenvalue weighted by Gasteiger charge is -2.27. The Labute approximate surface area is 85.8 Å². The van der Waals surface area contributed by atoms with Crippen LogP contribution in [0.4, 0.5) is 13.2 Å². The largest absolute Gasteiger partial charge is 0.372 e. The Balaban J connectivity index is 3.27. The summed E-state index contributed by atoms with van der Waals surface area (Å²) in [5.74, 6) is -3.99. The molecule has 0 heterocycles. The average molecular weight is 219 g/mol. The number of nitrogens with two attached hydrogens (primary N) is 1. The second-order valence-electron chi connectivity index (χ2n) is 3.39. The van der Waals surface area contributed by atoms with E-state index in [1.54, 1.807) is 6.92 Å². The van der Waals surface area contributed by atoms with Crippen LogP contribution < -0.4 is 5.73 Å². The van der Waals surface area contributed by atoms with Gasteiger partial charge in [0.2, 0.25) is 0 Å². The lowest BCUT2D eigenvalue weighted by molar-refractivity contribution is 0.00945. The molecule has 5 heteroatoms. The number of hydrogen-bond acceptors (Lipinski definition) is 2. The number of hydrogen-bond donors (Lipinski definition) is 1. The average Bonchev–Trinajstić information content (AvgIpc) is 2.24. The third kappa shape index (κ3) is 2.13. The fourth-order valence-electron chi connectivity index (χ4n) is 1.18. The Kier molecular flexibility index (Phi) is 3.36. The van der Waals surface area contributed by atoms with Crippen LogP contribution in [0.5, 0.6) is 0 Å². The first-order chi connectivity index (χ1) is 6.94. The van der Waals surface area contributed by atoms with Crippen molar-refractivity contribution in [1.82, 2.24) is 0 Å². The van der Waals surface area contributed by atoms with E-state index < -0.39 is 23.1 Å². The van der Waals surface area contributed by atoms with E-state index in [1.807, 2.05) is 0 Å². The molecule has 0 saturated heterocycles. The molecule has 0 spiro atoms. The number of halogens is 3. The summed E-state index contributed by atoms with van der Waals surface area (Å²) in [7, 11) is 1.37. The van der Waals surface area contributed by atoms with Gasteiger partial charge in [-0.25, -0.2) is 13.2 Å². The smallest absolute Gasteiger partial charge is 0.194 e. The van der Waals surface area contributed by atoms with Gasteiger partial charge in [0.05, 0.1) is 0 Å². The van der Waals surface area contributed by atoms with Crippen molar-refractivity contribution in [2.75, 3.05) is 13.7 Å². The van der Waals surface area contributed by atoms with Crippen molar-refractivity contribution in [1.29, 1.82) is 0 Å². The van der Waals surface area contributed by atoms with E-state index in [2.05, 4.69) is 0 Å². The van der Waals surface area contributed by atoms with Crippen molar-refractivity contribution in [2.45, 2.75) is 12.5 Å².